The highest BCUT2D eigenvalue weighted by molar-refractivity contribution is 5.27. The normalized spacial score (nSPS) is 18.2. The first-order chi connectivity index (χ1) is 9.25. The average Bonchev–Trinajstić information content (AvgIpc) is 2.44. The smallest absolute Gasteiger partial charge is 0.119 e. The van der Waals surface area contributed by atoms with Gasteiger partial charge in [0.25, 0.3) is 0 Å². The minimum atomic E-state index is 0.626. The van der Waals surface area contributed by atoms with Crippen molar-refractivity contribution in [1.82, 2.24) is 5.32 Å². The van der Waals surface area contributed by atoms with Crippen LogP contribution >= 0.6 is 0 Å². The second-order valence-electron chi connectivity index (χ2n) is 5.81. The van der Waals surface area contributed by atoms with Crippen LogP contribution in [-0.2, 0) is 0 Å². The summed E-state index contributed by atoms with van der Waals surface area (Å²) < 4.78 is 5.76. The molecule has 106 valence electrons. The molecule has 0 bridgehead atoms. The highest BCUT2D eigenvalue weighted by atomic mass is 16.5. The Morgan fingerprint density at radius 3 is 2.79 bits per heavy atom. The molecule has 0 heterocycles. The van der Waals surface area contributed by atoms with E-state index >= 15 is 0 Å². The highest BCUT2D eigenvalue weighted by Gasteiger charge is 2.19. The minimum absolute atomic E-state index is 0.626. The Morgan fingerprint density at radius 1 is 1.26 bits per heavy atom. The molecule has 1 fully saturated rings. The van der Waals surface area contributed by atoms with Gasteiger partial charge < -0.3 is 10.1 Å². The standard InChI is InChI=1S/C17H27NO/c1-14-7-6-10-17(13-14)19-12-11-18-15(2)16-8-4-3-5-9-16/h6-7,10,13,15-16,18H,3-5,8-9,11-12H2,1-2H3. The summed E-state index contributed by atoms with van der Waals surface area (Å²) in [5, 5.41) is 3.61. The molecule has 2 nitrogen and oxygen atoms in total. The van der Waals surface area contributed by atoms with Crippen molar-refractivity contribution in [2.75, 3.05) is 13.2 Å². The van der Waals surface area contributed by atoms with E-state index in [4.69, 9.17) is 4.74 Å². The van der Waals surface area contributed by atoms with Crippen molar-refractivity contribution in [2.24, 2.45) is 5.92 Å². The van der Waals surface area contributed by atoms with Gasteiger partial charge in [-0.05, 0) is 50.3 Å². The molecule has 0 amide bonds. The van der Waals surface area contributed by atoms with Gasteiger partial charge in [-0.15, -0.1) is 0 Å². The Hall–Kier alpha value is -1.02. The van der Waals surface area contributed by atoms with Crippen LogP contribution in [0.1, 0.15) is 44.6 Å². The molecule has 19 heavy (non-hydrogen) atoms. The number of ether oxygens (including phenoxy) is 1. The molecule has 1 saturated carbocycles. The Bertz CT molecular complexity index is 371. The molecule has 1 unspecified atom stereocenters. The maximum Gasteiger partial charge on any atom is 0.119 e. The second-order valence-corrected chi connectivity index (χ2v) is 5.81. The summed E-state index contributed by atoms with van der Waals surface area (Å²) in [5.41, 5.74) is 1.25. The van der Waals surface area contributed by atoms with Crippen LogP contribution in [0.15, 0.2) is 24.3 Å². The van der Waals surface area contributed by atoms with Gasteiger partial charge >= 0.3 is 0 Å². The first kappa shape index (κ1) is 14.4. The van der Waals surface area contributed by atoms with Crippen LogP contribution in [0.4, 0.5) is 0 Å². The van der Waals surface area contributed by atoms with Gasteiger partial charge in [0.05, 0.1) is 0 Å². The molecule has 1 aromatic rings. The lowest BCUT2D eigenvalue weighted by molar-refractivity contribution is 0.256. The van der Waals surface area contributed by atoms with Crippen molar-refractivity contribution >= 4 is 0 Å². The van der Waals surface area contributed by atoms with Crippen molar-refractivity contribution in [3.63, 3.8) is 0 Å². The zero-order valence-corrected chi connectivity index (χ0v) is 12.3. The minimum Gasteiger partial charge on any atom is -0.492 e. The summed E-state index contributed by atoms with van der Waals surface area (Å²) in [4.78, 5) is 0. The number of hydrogen-bond acceptors (Lipinski definition) is 2. The summed E-state index contributed by atoms with van der Waals surface area (Å²) >= 11 is 0. The molecule has 0 saturated heterocycles. The Balaban J connectivity index is 1.63. The molecule has 0 spiro atoms. The van der Waals surface area contributed by atoms with Crippen LogP contribution in [-0.4, -0.2) is 19.2 Å². The number of aryl methyl sites for hydroxylation is 1. The fourth-order valence-electron chi connectivity index (χ4n) is 2.96. The van der Waals surface area contributed by atoms with E-state index < -0.39 is 0 Å². The molecule has 0 aliphatic heterocycles. The molecule has 1 N–H and O–H groups in total. The van der Waals surface area contributed by atoms with E-state index in [9.17, 15) is 0 Å². The van der Waals surface area contributed by atoms with Gasteiger partial charge in [-0.3, -0.25) is 0 Å². The van der Waals surface area contributed by atoms with Crippen molar-refractivity contribution in [2.45, 2.75) is 52.0 Å². The summed E-state index contributed by atoms with van der Waals surface area (Å²) in [7, 11) is 0. The van der Waals surface area contributed by atoms with Crippen molar-refractivity contribution < 1.29 is 4.74 Å². The quantitative estimate of drug-likeness (QED) is 0.783. The summed E-state index contributed by atoms with van der Waals surface area (Å²) in [6.45, 7) is 6.10. The van der Waals surface area contributed by atoms with Crippen molar-refractivity contribution in [3.8, 4) is 5.75 Å². The molecule has 1 aromatic carbocycles. The van der Waals surface area contributed by atoms with E-state index in [1.807, 2.05) is 12.1 Å². The Labute approximate surface area is 117 Å². The first-order valence-electron chi connectivity index (χ1n) is 7.68. The van der Waals surface area contributed by atoms with Crippen LogP contribution in [0, 0.1) is 12.8 Å². The molecule has 1 aliphatic carbocycles. The van der Waals surface area contributed by atoms with Crippen LogP contribution in [0.2, 0.25) is 0 Å². The molecule has 2 rings (SSSR count). The lowest BCUT2D eigenvalue weighted by Gasteiger charge is -2.28. The van der Waals surface area contributed by atoms with Crippen molar-refractivity contribution in [1.29, 1.82) is 0 Å². The third kappa shape index (κ3) is 4.87. The van der Waals surface area contributed by atoms with Gasteiger partial charge in [-0.25, -0.2) is 0 Å². The monoisotopic (exact) mass is 261 g/mol. The Morgan fingerprint density at radius 2 is 2.05 bits per heavy atom. The molecule has 1 aliphatic rings. The van der Waals surface area contributed by atoms with E-state index in [0.717, 1.165) is 24.8 Å². The maximum absolute atomic E-state index is 5.76. The van der Waals surface area contributed by atoms with Crippen LogP contribution in [0.5, 0.6) is 5.75 Å². The number of nitrogens with one attached hydrogen (secondary N) is 1. The fourth-order valence-corrected chi connectivity index (χ4v) is 2.96. The van der Waals surface area contributed by atoms with Crippen LogP contribution < -0.4 is 10.1 Å². The molecule has 2 heteroatoms. The van der Waals surface area contributed by atoms with E-state index in [0.29, 0.717) is 6.04 Å². The van der Waals surface area contributed by atoms with Gasteiger partial charge in [-0.1, -0.05) is 31.4 Å². The third-order valence-electron chi connectivity index (χ3n) is 4.18. The molecular formula is C17H27NO. The predicted octanol–water partition coefficient (Wildman–Crippen LogP) is 3.93. The average molecular weight is 261 g/mol. The molecule has 1 atom stereocenters. The number of hydrogen-bond donors (Lipinski definition) is 1. The summed E-state index contributed by atoms with van der Waals surface area (Å²) in [6, 6.07) is 8.88. The van der Waals surface area contributed by atoms with Gasteiger partial charge in [0, 0.05) is 12.6 Å². The highest BCUT2D eigenvalue weighted by Crippen LogP contribution is 2.26. The van der Waals surface area contributed by atoms with E-state index in [1.165, 1.54) is 37.7 Å². The number of benzene rings is 1. The van der Waals surface area contributed by atoms with E-state index in [1.54, 1.807) is 0 Å². The van der Waals surface area contributed by atoms with Crippen molar-refractivity contribution in [3.05, 3.63) is 29.8 Å². The van der Waals surface area contributed by atoms with Gasteiger partial charge in [0.2, 0.25) is 0 Å². The lowest BCUT2D eigenvalue weighted by atomic mass is 9.84. The molecule has 0 radical (unpaired) electrons. The molecular weight excluding hydrogens is 234 g/mol. The van der Waals surface area contributed by atoms with Crippen LogP contribution in [0.25, 0.3) is 0 Å². The van der Waals surface area contributed by atoms with Gasteiger partial charge in [-0.2, -0.15) is 0 Å². The predicted molar refractivity (Wildman–Crippen MR) is 80.7 cm³/mol. The lowest BCUT2D eigenvalue weighted by Crippen LogP contribution is -2.37. The fraction of sp³-hybridized carbons (Fsp3) is 0.647. The zero-order chi connectivity index (χ0) is 13.5. The van der Waals surface area contributed by atoms with Gasteiger partial charge in [0.1, 0.15) is 12.4 Å². The van der Waals surface area contributed by atoms with Crippen LogP contribution in [0.3, 0.4) is 0 Å². The van der Waals surface area contributed by atoms with E-state index in [2.05, 4.69) is 31.3 Å². The van der Waals surface area contributed by atoms with E-state index in [-0.39, 0.29) is 0 Å². The number of rotatable bonds is 6. The third-order valence-corrected chi connectivity index (χ3v) is 4.18. The zero-order valence-electron chi connectivity index (χ0n) is 12.3. The molecule has 0 aromatic heterocycles. The largest absolute Gasteiger partial charge is 0.492 e. The Kier molecular flexibility index (Phi) is 5.71. The summed E-state index contributed by atoms with van der Waals surface area (Å²) in [5.74, 6) is 1.85. The first-order valence-corrected chi connectivity index (χ1v) is 7.68. The second kappa shape index (κ2) is 7.54. The maximum atomic E-state index is 5.76. The summed E-state index contributed by atoms with van der Waals surface area (Å²) in [6.07, 6.45) is 7.05. The topological polar surface area (TPSA) is 21.3 Å². The van der Waals surface area contributed by atoms with Gasteiger partial charge in [0.15, 0.2) is 0 Å². The SMILES string of the molecule is Cc1cccc(OCCNC(C)C2CCCCC2)c1.